The summed E-state index contributed by atoms with van der Waals surface area (Å²) in [5, 5.41) is 0. The van der Waals surface area contributed by atoms with Crippen LogP contribution in [0.4, 0.5) is 4.39 Å². The minimum atomic E-state index is -0.189. The molecule has 3 aromatic carbocycles. The molecule has 0 radical (unpaired) electrons. The Morgan fingerprint density at radius 3 is 1.94 bits per heavy atom. The monoisotopic (exact) mass is 407 g/mol. The summed E-state index contributed by atoms with van der Waals surface area (Å²) in [6.45, 7) is 3.05. The quantitative estimate of drug-likeness (QED) is 0.356. The van der Waals surface area contributed by atoms with Crippen LogP contribution in [-0.2, 0) is 0 Å². The predicted octanol–water partition coefficient (Wildman–Crippen LogP) is 6.92. The third kappa shape index (κ3) is 4.30. The average molecular weight is 408 g/mol. The SMILES string of the molecule is Fc1ccc(C=CCN2CCC(=C3c4ccccc4C=Cc4ccccc43)CC2)cc1. The zero-order valence-electron chi connectivity index (χ0n) is 17.6. The lowest BCUT2D eigenvalue weighted by Gasteiger charge is -2.29. The molecule has 1 nitrogen and oxygen atoms in total. The van der Waals surface area contributed by atoms with Gasteiger partial charge in [-0.25, -0.2) is 4.39 Å². The van der Waals surface area contributed by atoms with E-state index in [4.69, 9.17) is 0 Å². The zero-order chi connectivity index (χ0) is 21.0. The lowest BCUT2D eigenvalue weighted by Crippen LogP contribution is -2.31. The van der Waals surface area contributed by atoms with Gasteiger partial charge in [0.2, 0.25) is 0 Å². The van der Waals surface area contributed by atoms with Crippen molar-refractivity contribution in [2.45, 2.75) is 12.8 Å². The van der Waals surface area contributed by atoms with Crippen LogP contribution in [0.2, 0.25) is 0 Å². The van der Waals surface area contributed by atoms with Crippen molar-refractivity contribution in [2.75, 3.05) is 19.6 Å². The lowest BCUT2D eigenvalue weighted by atomic mass is 9.86. The maximum absolute atomic E-state index is 13.1. The number of likely N-dealkylation sites (tertiary alicyclic amines) is 1. The summed E-state index contributed by atoms with van der Waals surface area (Å²) in [7, 11) is 0. The van der Waals surface area contributed by atoms with Gasteiger partial charge in [-0.1, -0.05) is 90.5 Å². The van der Waals surface area contributed by atoms with Crippen LogP contribution in [0.1, 0.15) is 40.7 Å². The topological polar surface area (TPSA) is 3.24 Å². The molecule has 2 aliphatic rings. The highest BCUT2D eigenvalue weighted by atomic mass is 19.1. The molecular weight excluding hydrogens is 381 g/mol. The smallest absolute Gasteiger partial charge is 0.123 e. The fourth-order valence-electron chi connectivity index (χ4n) is 4.61. The molecule has 1 heterocycles. The van der Waals surface area contributed by atoms with Gasteiger partial charge >= 0.3 is 0 Å². The van der Waals surface area contributed by atoms with E-state index in [0.717, 1.165) is 38.0 Å². The molecule has 1 fully saturated rings. The molecule has 0 atom stereocenters. The van der Waals surface area contributed by atoms with Crippen molar-refractivity contribution in [2.24, 2.45) is 0 Å². The maximum Gasteiger partial charge on any atom is 0.123 e. The highest BCUT2D eigenvalue weighted by Crippen LogP contribution is 2.38. The van der Waals surface area contributed by atoms with Gasteiger partial charge in [-0.05, 0) is 58.4 Å². The second-order valence-electron chi connectivity index (χ2n) is 8.24. The van der Waals surface area contributed by atoms with Gasteiger partial charge in [0, 0.05) is 19.6 Å². The van der Waals surface area contributed by atoms with E-state index < -0.39 is 0 Å². The molecule has 31 heavy (non-hydrogen) atoms. The van der Waals surface area contributed by atoms with E-state index >= 15 is 0 Å². The zero-order valence-corrected chi connectivity index (χ0v) is 17.6. The van der Waals surface area contributed by atoms with E-state index in [2.05, 4.69) is 77.7 Å². The molecule has 0 spiro atoms. The summed E-state index contributed by atoms with van der Waals surface area (Å²) >= 11 is 0. The molecule has 0 amide bonds. The highest BCUT2D eigenvalue weighted by molar-refractivity contribution is 5.94. The van der Waals surface area contributed by atoms with E-state index in [9.17, 15) is 4.39 Å². The Hall–Kier alpha value is -3.23. The first-order valence-corrected chi connectivity index (χ1v) is 11.0. The summed E-state index contributed by atoms with van der Waals surface area (Å²) in [4.78, 5) is 2.50. The minimum Gasteiger partial charge on any atom is -0.299 e. The molecule has 0 N–H and O–H groups in total. The van der Waals surface area contributed by atoms with Gasteiger partial charge in [0.15, 0.2) is 0 Å². The predicted molar refractivity (Wildman–Crippen MR) is 129 cm³/mol. The number of halogens is 1. The molecule has 1 aliphatic carbocycles. The number of benzene rings is 3. The molecule has 1 saturated heterocycles. The van der Waals surface area contributed by atoms with Gasteiger partial charge in [0.25, 0.3) is 0 Å². The van der Waals surface area contributed by atoms with Crippen molar-refractivity contribution in [1.82, 2.24) is 4.90 Å². The van der Waals surface area contributed by atoms with E-state index in [1.807, 2.05) is 12.1 Å². The molecule has 154 valence electrons. The van der Waals surface area contributed by atoms with Crippen LogP contribution < -0.4 is 0 Å². The van der Waals surface area contributed by atoms with Gasteiger partial charge in [0.05, 0.1) is 0 Å². The second kappa shape index (κ2) is 8.87. The van der Waals surface area contributed by atoms with Crippen molar-refractivity contribution >= 4 is 23.8 Å². The number of hydrogen-bond donors (Lipinski definition) is 0. The van der Waals surface area contributed by atoms with Crippen molar-refractivity contribution < 1.29 is 4.39 Å². The fraction of sp³-hybridized carbons (Fsp3) is 0.172. The van der Waals surface area contributed by atoms with Crippen LogP contribution in [0.3, 0.4) is 0 Å². The average Bonchev–Trinajstić information content (AvgIpc) is 2.98. The summed E-state index contributed by atoms with van der Waals surface area (Å²) in [5.41, 5.74) is 9.32. The lowest BCUT2D eigenvalue weighted by molar-refractivity contribution is 0.284. The summed E-state index contributed by atoms with van der Waals surface area (Å²) < 4.78 is 13.1. The largest absolute Gasteiger partial charge is 0.299 e. The molecule has 2 heteroatoms. The fourth-order valence-corrected chi connectivity index (χ4v) is 4.61. The van der Waals surface area contributed by atoms with Gasteiger partial charge in [0.1, 0.15) is 5.82 Å². The Bertz CT molecular complexity index is 1110. The molecule has 0 aromatic heterocycles. The van der Waals surface area contributed by atoms with Crippen LogP contribution >= 0.6 is 0 Å². The van der Waals surface area contributed by atoms with E-state index in [1.54, 1.807) is 5.57 Å². The summed E-state index contributed by atoms with van der Waals surface area (Å²) in [6, 6.07) is 24.2. The van der Waals surface area contributed by atoms with Crippen molar-refractivity contribution in [3.05, 3.63) is 118 Å². The number of rotatable bonds is 3. The second-order valence-corrected chi connectivity index (χ2v) is 8.24. The molecule has 5 rings (SSSR count). The number of hydrogen-bond acceptors (Lipinski definition) is 1. The standard InChI is InChI=1S/C29H26FN/c30-26-15-11-22(12-16-26)6-5-19-31-20-17-25(18-21-31)29-27-9-3-1-7-23(27)13-14-24-8-2-4-10-28(24)29/h1-16H,17-21H2. The first-order chi connectivity index (χ1) is 15.3. The molecule has 3 aromatic rings. The van der Waals surface area contributed by atoms with Crippen LogP contribution in [0.25, 0.3) is 23.8 Å². The van der Waals surface area contributed by atoms with Gasteiger partial charge in [-0.3, -0.25) is 4.90 Å². The third-order valence-corrected chi connectivity index (χ3v) is 6.26. The van der Waals surface area contributed by atoms with E-state index in [0.29, 0.717) is 0 Å². The van der Waals surface area contributed by atoms with Gasteiger partial charge in [-0.2, -0.15) is 0 Å². The number of fused-ring (bicyclic) bond motifs is 2. The Morgan fingerprint density at radius 1 is 0.742 bits per heavy atom. The van der Waals surface area contributed by atoms with Crippen LogP contribution in [0, 0.1) is 5.82 Å². The van der Waals surface area contributed by atoms with E-state index in [-0.39, 0.29) is 5.82 Å². The van der Waals surface area contributed by atoms with Gasteiger partial charge in [-0.15, -0.1) is 0 Å². The van der Waals surface area contributed by atoms with Crippen LogP contribution in [0.5, 0.6) is 0 Å². The summed E-state index contributed by atoms with van der Waals surface area (Å²) in [5.74, 6) is -0.189. The number of nitrogens with zero attached hydrogens (tertiary/aromatic N) is 1. The van der Waals surface area contributed by atoms with Gasteiger partial charge < -0.3 is 0 Å². The highest BCUT2D eigenvalue weighted by Gasteiger charge is 2.21. The minimum absolute atomic E-state index is 0.189. The Labute approximate surface area is 183 Å². The number of piperidine rings is 1. The third-order valence-electron chi connectivity index (χ3n) is 6.26. The van der Waals surface area contributed by atoms with Crippen molar-refractivity contribution in [3.63, 3.8) is 0 Å². The van der Waals surface area contributed by atoms with Crippen LogP contribution in [0.15, 0.2) is 84.4 Å². The van der Waals surface area contributed by atoms with E-state index in [1.165, 1.54) is 40.0 Å². The van der Waals surface area contributed by atoms with Crippen molar-refractivity contribution in [3.8, 4) is 0 Å². The Kier molecular flexibility index (Phi) is 5.64. The summed E-state index contributed by atoms with van der Waals surface area (Å²) in [6.07, 6.45) is 10.9. The molecule has 0 unspecified atom stereocenters. The molecule has 1 aliphatic heterocycles. The first kappa shape index (κ1) is 19.7. The molecule has 0 bridgehead atoms. The molecular formula is C29H26FN. The Morgan fingerprint density at radius 2 is 1.32 bits per heavy atom. The molecule has 0 saturated carbocycles. The maximum atomic E-state index is 13.1. The van der Waals surface area contributed by atoms with Crippen LogP contribution in [-0.4, -0.2) is 24.5 Å². The van der Waals surface area contributed by atoms with Crippen molar-refractivity contribution in [1.29, 1.82) is 0 Å². The first-order valence-electron chi connectivity index (χ1n) is 11.0. The Balaban J connectivity index is 1.36. The normalized spacial score (nSPS) is 16.3.